The second-order valence-corrected chi connectivity index (χ2v) is 6.51. The van der Waals surface area contributed by atoms with Crippen LogP contribution in [0.4, 0.5) is 11.4 Å². The molecule has 0 spiro atoms. The summed E-state index contributed by atoms with van der Waals surface area (Å²) >= 11 is 0. The van der Waals surface area contributed by atoms with E-state index in [1.165, 1.54) is 18.2 Å². The Morgan fingerprint density at radius 1 is 1.37 bits per heavy atom. The minimum atomic E-state index is -3.81. The number of anilines is 2. The Morgan fingerprint density at radius 2 is 1.95 bits per heavy atom. The molecule has 7 nitrogen and oxygen atoms in total. The highest BCUT2D eigenvalue weighted by Crippen LogP contribution is 2.26. The first-order chi connectivity index (χ1) is 8.51. The molecule has 0 bridgehead atoms. The number of primary amides is 1. The number of hydrogen-bond donors (Lipinski definition) is 4. The van der Waals surface area contributed by atoms with E-state index in [0.29, 0.717) is 11.4 Å². The fourth-order valence-corrected chi connectivity index (χ4v) is 2.20. The van der Waals surface area contributed by atoms with Crippen LogP contribution < -0.4 is 21.9 Å². The monoisotopic (exact) mass is 286 g/mol. The number of rotatable bonds is 5. The second kappa shape index (κ2) is 5.06. The van der Waals surface area contributed by atoms with Crippen molar-refractivity contribution in [2.45, 2.75) is 30.7 Å². The molecule has 0 aliphatic carbocycles. The molecule has 1 aromatic rings. The average molecular weight is 286 g/mol. The number of primary sulfonamides is 1. The molecule has 19 heavy (non-hydrogen) atoms. The lowest BCUT2D eigenvalue weighted by atomic mass is 9.99. The standard InChI is InChI=1S/C11H18N4O3S/c1-11(2,6-10(13)16)15-9-5-7(19(14,17)18)3-4-8(9)12/h3-5,15H,6,12H2,1-2H3,(H2,13,16)(H2,14,17,18). The topological polar surface area (TPSA) is 141 Å². The normalized spacial score (nSPS) is 12.2. The number of hydrogen-bond acceptors (Lipinski definition) is 5. The van der Waals surface area contributed by atoms with Gasteiger partial charge in [0.25, 0.3) is 0 Å². The largest absolute Gasteiger partial charge is 0.397 e. The van der Waals surface area contributed by atoms with Crippen LogP contribution in [0.3, 0.4) is 0 Å². The van der Waals surface area contributed by atoms with E-state index in [1.807, 2.05) is 0 Å². The summed E-state index contributed by atoms with van der Waals surface area (Å²) in [6.07, 6.45) is 0.0754. The Balaban J connectivity index is 3.11. The molecular formula is C11H18N4O3S. The highest BCUT2D eigenvalue weighted by molar-refractivity contribution is 7.89. The molecule has 1 amide bonds. The number of carbonyl (C=O) groups excluding carboxylic acids is 1. The fourth-order valence-electron chi connectivity index (χ4n) is 1.66. The lowest BCUT2D eigenvalue weighted by Gasteiger charge is -2.27. The van der Waals surface area contributed by atoms with Crippen LogP contribution >= 0.6 is 0 Å². The van der Waals surface area contributed by atoms with Crippen LogP contribution in [0.15, 0.2) is 23.1 Å². The van der Waals surface area contributed by atoms with Crippen LogP contribution in [-0.4, -0.2) is 19.9 Å². The zero-order valence-corrected chi connectivity index (χ0v) is 11.6. The molecule has 0 saturated heterocycles. The van der Waals surface area contributed by atoms with Crippen molar-refractivity contribution in [2.75, 3.05) is 11.1 Å². The third-order valence-electron chi connectivity index (χ3n) is 2.44. The molecule has 8 heteroatoms. The zero-order chi connectivity index (χ0) is 14.8. The summed E-state index contributed by atoms with van der Waals surface area (Å²) in [5, 5.41) is 8.03. The van der Waals surface area contributed by atoms with Crippen molar-refractivity contribution in [3.63, 3.8) is 0 Å². The van der Waals surface area contributed by atoms with Gasteiger partial charge in [-0.1, -0.05) is 0 Å². The van der Waals surface area contributed by atoms with E-state index < -0.39 is 21.5 Å². The number of benzene rings is 1. The van der Waals surface area contributed by atoms with Crippen LogP contribution in [0.2, 0.25) is 0 Å². The van der Waals surface area contributed by atoms with Gasteiger partial charge in [0.2, 0.25) is 15.9 Å². The van der Waals surface area contributed by atoms with Crippen LogP contribution in [0.25, 0.3) is 0 Å². The van der Waals surface area contributed by atoms with Gasteiger partial charge in [0.05, 0.1) is 16.3 Å². The first-order valence-electron chi connectivity index (χ1n) is 5.50. The third-order valence-corrected chi connectivity index (χ3v) is 3.35. The predicted molar refractivity (Wildman–Crippen MR) is 73.7 cm³/mol. The third kappa shape index (κ3) is 4.42. The molecular weight excluding hydrogens is 268 g/mol. The Hall–Kier alpha value is -1.80. The Morgan fingerprint density at radius 3 is 2.42 bits per heavy atom. The van der Waals surface area contributed by atoms with E-state index >= 15 is 0 Å². The van der Waals surface area contributed by atoms with Gasteiger partial charge >= 0.3 is 0 Å². The second-order valence-electron chi connectivity index (χ2n) is 4.95. The van der Waals surface area contributed by atoms with Crippen LogP contribution in [0, 0.1) is 0 Å². The van der Waals surface area contributed by atoms with E-state index in [0.717, 1.165) is 0 Å². The van der Waals surface area contributed by atoms with Gasteiger partial charge in [0.15, 0.2) is 0 Å². The van der Waals surface area contributed by atoms with E-state index in [1.54, 1.807) is 13.8 Å². The van der Waals surface area contributed by atoms with E-state index in [4.69, 9.17) is 16.6 Å². The summed E-state index contributed by atoms with van der Waals surface area (Å²) in [5.74, 6) is -0.473. The summed E-state index contributed by atoms with van der Waals surface area (Å²) in [7, 11) is -3.81. The lowest BCUT2D eigenvalue weighted by Crippen LogP contribution is -2.36. The Kier molecular flexibility index (Phi) is 4.06. The zero-order valence-electron chi connectivity index (χ0n) is 10.8. The summed E-state index contributed by atoms with van der Waals surface area (Å²) in [5.41, 5.74) is 11.0. The SMILES string of the molecule is CC(C)(CC(N)=O)Nc1cc(S(N)(=O)=O)ccc1N. The molecule has 0 saturated carbocycles. The number of nitrogen functional groups attached to an aromatic ring is 1. The van der Waals surface area contributed by atoms with Crippen molar-refractivity contribution < 1.29 is 13.2 Å². The first kappa shape index (κ1) is 15.3. The molecule has 1 rings (SSSR count). The molecule has 106 valence electrons. The molecule has 0 unspecified atom stereocenters. The molecule has 0 fully saturated rings. The smallest absolute Gasteiger partial charge is 0.238 e. The van der Waals surface area contributed by atoms with Crippen molar-refractivity contribution in [3.8, 4) is 0 Å². The van der Waals surface area contributed by atoms with Gasteiger partial charge in [-0.2, -0.15) is 0 Å². The first-order valence-corrected chi connectivity index (χ1v) is 7.05. The Bertz CT molecular complexity index is 596. The lowest BCUT2D eigenvalue weighted by molar-refractivity contribution is -0.118. The summed E-state index contributed by atoms with van der Waals surface area (Å²) in [6.45, 7) is 3.50. The van der Waals surface area contributed by atoms with Crippen LogP contribution in [-0.2, 0) is 14.8 Å². The van der Waals surface area contributed by atoms with Crippen molar-refractivity contribution in [2.24, 2.45) is 10.9 Å². The summed E-state index contributed by atoms with van der Waals surface area (Å²) in [4.78, 5) is 10.9. The van der Waals surface area contributed by atoms with Crippen molar-refractivity contribution in [1.29, 1.82) is 0 Å². The minimum absolute atomic E-state index is 0.0564. The number of nitrogens with two attached hydrogens (primary N) is 3. The maximum Gasteiger partial charge on any atom is 0.238 e. The number of carbonyl (C=O) groups is 1. The Labute approximate surface area is 112 Å². The van der Waals surface area contributed by atoms with Crippen molar-refractivity contribution >= 4 is 27.3 Å². The van der Waals surface area contributed by atoms with Crippen molar-refractivity contribution in [3.05, 3.63) is 18.2 Å². The van der Waals surface area contributed by atoms with Crippen LogP contribution in [0.1, 0.15) is 20.3 Å². The van der Waals surface area contributed by atoms with E-state index in [9.17, 15) is 13.2 Å². The molecule has 0 atom stereocenters. The maximum absolute atomic E-state index is 11.3. The molecule has 1 aromatic carbocycles. The number of sulfonamides is 1. The molecule has 0 radical (unpaired) electrons. The van der Waals surface area contributed by atoms with Gasteiger partial charge in [0, 0.05) is 12.0 Å². The number of amides is 1. The van der Waals surface area contributed by atoms with Gasteiger partial charge in [-0.25, -0.2) is 13.6 Å². The summed E-state index contributed by atoms with van der Waals surface area (Å²) in [6, 6.07) is 4.08. The number of nitrogens with one attached hydrogen (secondary N) is 1. The van der Waals surface area contributed by atoms with E-state index in [-0.39, 0.29) is 11.3 Å². The highest BCUT2D eigenvalue weighted by Gasteiger charge is 2.22. The van der Waals surface area contributed by atoms with Crippen LogP contribution in [0.5, 0.6) is 0 Å². The fraction of sp³-hybridized carbons (Fsp3) is 0.364. The molecule has 0 aliphatic rings. The molecule has 0 aliphatic heterocycles. The van der Waals surface area contributed by atoms with E-state index in [2.05, 4.69) is 5.32 Å². The maximum atomic E-state index is 11.3. The van der Waals surface area contributed by atoms with Gasteiger partial charge in [-0.15, -0.1) is 0 Å². The van der Waals surface area contributed by atoms with Gasteiger partial charge in [-0.05, 0) is 32.0 Å². The van der Waals surface area contributed by atoms with Gasteiger partial charge < -0.3 is 16.8 Å². The minimum Gasteiger partial charge on any atom is -0.397 e. The van der Waals surface area contributed by atoms with Crippen molar-refractivity contribution in [1.82, 2.24) is 0 Å². The van der Waals surface area contributed by atoms with Gasteiger partial charge in [0.1, 0.15) is 0 Å². The quantitative estimate of drug-likeness (QED) is 0.563. The molecule has 0 aromatic heterocycles. The highest BCUT2D eigenvalue weighted by atomic mass is 32.2. The van der Waals surface area contributed by atoms with Gasteiger partial charge in [-0.3, -0.25) is 4.79 Å². The average Bonchev–Trinajstić information content (AvgIpc) is 2.17. The summed E-state index contributed by atoms with van der Waals surface area (Å²) < 4.78 is 22.5. The molecule has 7 N–H and O–H groups in total. The molecule has 0 heterocycles. The predicted octanol–water partition coefficient (Wildman–Crippen LogP) is -0.0179.